The number of aromatic nitrogens is 4. The molecule has 2 rings (SSSR count). The Morgan fingerprint density at radius 1 is 1.33 bits per heavy atom. The van der Waals surface area contributed by atoms with Crippen LogP contribution >= 0.6 is 11.8 Å². The number of thioether (sulfide) groups is 1. The van der Waals surface area contributed by atoms with Crippen molar-refractivity contribution in [3.63, 3.8) is 0 Å². The highest BCUT2D eigenvalue weighted by Crippen LogP contribution is 2.17. The first kappa shape index (κ1) is 12.6. The van der Waals surface area contributed by atoms with E-state index in [1.54, 1.807) is 23.7 Å². The number of hydrogen-bond donors (Lipinski definition) is 0. The molecule has 1 aromatic carbocycles. The van der Waals surface area contributed by atoms with E-state index in [0.717, 1.165) is 5.69 Å². The van der Waals surface area contributed by atoms with E-state index < -0.39 is 0 Å². The Labute approximate surface area is 109 Å². The van der Waals surface area contributed by atoms with Crippen LogP contribution in [0.2, 0.25) is 0 Å². The third-order valence-corrected chi connectivity index (χ3v) is 3.17. The number of carbonyl (C=O) groups excluding carboxylic acids is 1. The van der Waals surface area contributed by atoms with Gasteiger partial charge in [0, 0.05) is 14.1 Å². The molecule has 0 aliphatic heterocycles. The second-order valence-electron chi connectivity index (χ2n) is 3.79. The van der Waals surface area contributed by atoms with E-state index in [-0.39, 0.29) is 5.91 Å². The van der Waals surface area contributed by atoms with E-state index in [1.807, 2.05) is 30.3 Å². The second kappa shape index (κ2) is 5.63. The summed E-state index contributed by atoms with van der Waals surface area (Å²) >= 11 is 1.32. The molecule has 0 saturated heterocycles. The van der Waals surface area contributed by atoms with Gasteiger partial charge in [0.25, 0.3) is 0 Å². The lowest BCUT2D eigenvalue weighted by Crippen LogP contribution is -2.23. The Morgan fingerprint density at radius 2 is 2.06 bits per heavy atom. The number of para-hydroxylation sites is 1. The van der Waals surface area contributed by atoms with Crippen LogP contribution in [0.4, 0.5) is 0 Å². The average molecular weight is 263 g/mol. The molecule has 0 aliphatic rings. The number of carbonyl (C=O) groups is 1. The van der Waals surface area contributed by atoms with Crippen LogP contribution in [-0.2, 0) is 4.79 Å². The van der Waals surface area contributed by atoms with Crippen molar-refractivity contribution in [1.82, 2.24) is 25.1 Å². The van der Waals surface area contributed by atoms with Crippen LogP contribution < -0.4 is 0 Å². The fourth-order valence-corrected chi connectivity index (χ4v) is 2.12. The maximum absolute atomic E-state index is 11.5. The van der Waals surface area contributed by atoms with Gasteiger partial charge in [0.2, 0.25) is 11.1 Å². The molecule has 1 heterocycles. The third-order valence-electron chi connectivity index (χ3n) is 2.27. The second-order valence-corrected chi connectivity index (χ2v) is 4.73. The van der Waals surface area contributed by atoms with E-state index in [4.69, 9.17) is 0 Å². The predicted octanol–water partition coefficient (Wildman–Crippen LogP) is 0.843. The predicted molar refractivity (Wildman–Crippen MR) is 68.6 cm³/mol. The Kier molecular flexibility index (Phi) is 3.93. The summed E-state index contributed by atoms with van der Waals surface area (Å²) in [5.74, 6) is 0.350. The van der Waals surface area contributed by atoms with E-state index in [0.29, 0.717) is 10.9 Å². The Hall–Kier alpha value is -1.89. The minimum atomic E-state index is 0.0302. The molecule has 0 unspecified atom stereocenters. The van der Waals surface area contributed by atoms with Gasteiger partial charge in [-0.15, -0.1) is 5.10 Å². The number of hydrogen-bond acceptors (Lipinski definition) is 5. The first-order valence-electron chi connectivity index (χ1n) is 5.35. The van der Waals surface area contributed by atoms with Gasteiger partial charge in [0.05, 0.1) is 11.4 Å². The highest BCUT2D eigenvalue weighted by molar-refractivity contribution is 7.99. The molecule has 0 spiro atoms. The van der Waals surface area contributed by atoms with Crippen molar-refractivity contribution < 1.29 is 4.79 Å². The summed E-state index contributed by atoms with van der Waals surface area (Å²) in [6.07, 6.45) is 0. The average Bonchev–Trinajstić information content (AvgIpc) is 2.85. The summed E-state index contributed by atoms with van der Waals surface area (Å²) < 4.78 is 1.62. The first-order valence-corrected chi connectivity index (χ1v) is 6.34. The number of nitrogens with zero attached hydrogens (tertiary/aromatic N) is 5. The number of amides is 1. The Morgan fingerprint density at radius 3 is 2.72 bits per heavy atom. The summed E-state index contributed by atoms with van der Waals surface area (Å²) in [7, 11) is 3.45. The Bertz CT molecular complexity index is 525. The molecule has 0 bridgehead atoms. The van der Waals surface area contributed by atoms with Gasteiger partial charge in [-0.3, -0.25) is 4.79 Å². The Balaban J connectivity index is 2.12. The molecule has 0 N–H and O–H groups in total. The van der Waals surface area contributed by atoms with Crippen molar-refractivity contribution in [3.05, 3.63) is 30.3 Å². The lowest BCUT2D eigenvalue weighted by Gasteiger charge is -2.09. The third kappa shape index (κ3) is 2.86. The van der Waals surface area contributed by atoms with Crippen LogP contribution in [0.1, 0.15) is 0 Å². The highest BCUT2D eigenvalue weighted by Gasteiger charge is 2.11. The van der Waals surface area contributed by atoms with Crippen molar-refractivity contribution in [2.24, 2.45) is 0 Å². The minimum Gasteiger partial charge on any atom is -0.348 e. The highest BCUT2D eigenvalue weighted by atomic mass is 32.2. The van der Waals surface area contributed by atoms with Gasteiger partial charge in [-0.25, -0.2) is 0 Å². The van der Waals surface area contributed by atoms with Gasteiger partial charge in [-0.05, 0) is 22.6 Å². The monoisotopic (exact) mass is 263 g/mol. The van der Waals surface area contributed by atoms with Crippen molar-refractivity contribution in [2.45, 2.75) is 5.16 Å². The molecule has 7 heteroatoms. The largest absolute Gasteiger partial charge is 0.348 e. The first-order chi connectivity index (χ1) is 8.68. The van der Waals surface area contributed by atoms with E-state index in [1.165, 1.54) is 11.8 Å². The molecular weight excluding hydrogens is 250 g/mol. The molecule has 0 saturated carbocycles. The van der Waals surface area contributed by atoms with Crippen LogP contribution in [-0.4, -0.2) is 50.9 Å². The fourth-order valence-electron chi connectivity index (χ4n) is 1.26. The van der Waals surface area contributed by atoms with Gasteiger partial charge in [0.1, 0.15) is 0 Å². The van der Waals surface area contributed by atoms with Crippen molar-refractivity contribution in [2.75, 3.05) is 19.8 Å². The molecular formula is C11H13N5OS. The molecule has 1 aromatic heterocycles. The lowest BCUT2D eigenvalue weighted by atomic mass is 10.3. The van der Waals surface area contributed by atoms with Crippen LogP contribution in [0.3, 0.4) is 0 Å². The standard InChI is InChI=1S/C11H13N5OS/c1-15(2)10(17)8-18-11-12-13-14-16(11)9-6-4-3-5-7-9/h3-7H,8H2,1-2H3. The molecule has 0 fully saturated rings. The smallest absolute Gasteiger partial charge is 0.232 e. The summed E-state index contributed by atoms with van der Waals surface area (Å²) in [5, 5.41) is 12.1. The van der Waals surface area contributed by atoms with Gasteiger partial charge >= 0.3 is 0 Å². The minimum absolute atomic E-state index is 0.0302. The number of benzene rings is 1. The van der Waals surface area contributed by atoms with Crippen LogP contribution in [0.25, 0.3) is 5.69 Å². The topological polar surface area (TPSA) is 63.9 Å². The summed E-state index contributed by atoms with van der Waals surface area (Å²) in [5.41, 5.74) is 0.877. The fraction of sp³-hybridized carbons (Fsp3) is 0.273. The number of tetrazole rings is 1. The van der Waals surface area contributed by atoms with Gasteiger partial charge in [0.15, 0.2) is 0 Å². The number of rotatable bonds is 4. The molecule has 18 heavy (non-hydrogen) atoms. The SMILES string of the molecule is CN(C)C(=O)CSc1nnnn1-c1ccccc1. The van der Waals surface area contributed by atoms with Crippen LogP contribution in [0.15, 0.2) is 35.5 Å². The zero-order chi connectivity index (χ0) is 13.0. The van der Waals surface area contributed by atoms with E-state index >= 15 is 0 Å². The van der Waals surface area contributed by atoms with Crippen molar-refractivity contribution >= 4 is 17.7 Å². The van der Waals surface area contributed by atoms with Crippen molar-refractivity contribution in [1.29, 1.82) is 0 Å². The summed E-state index contributed by atoms with van der Waals surface area (Å²) in [6, 6.07) is 9.57. The summed E-state index contributed by atoms with van der Waals surface area (Å²) in [4.78, 5) is 13.1. The zero-order valence-electron chi connectivity index (χ0n) is 10.1. The summed E-state index contributed by atoms with van der Waals surface area (Å²) in [6.45, 7) is 0. The molecule has 0 radical (unpaired) electrons. The van der Waals surface area contributed by atoms with E-state index in [2.05, 4.69) is 15.5 Å². The van der Waals surface area contributed by atoms with Gasteiger partial charge in [-0.2, -0.15) is 4.68 Å². The van der Waals surface area contributed by atoms with Crippen LogP contribution in [0, 0.1) is 0 Å². The van der Waals surface area contributed by atoms with E-state index in [9.17, 15) is 4.79 Å². The van der Waals surface area contributed by atoms with Crippen LogP contribution in [0.5, 0.6) is 0 Å². The zero-order valence-corrected chi connectivity index (χ0v) is 11.0. The molecule has 0 aliphatic carbocycles. The van der Waals surface area contributed by atoms with Gasteiger partial charge < -0.3 is 4.90 Å². The lowest BCUT2D eigenvalue weighted by molar-refractivity contribution is -0.125. The maximum Gasteiger partial charge on any atom is 0.232 e. The maximum atomic E-state index is 11.5. The molecule has 1 amide bonds. The molecule has 94 valence electrons. The van der Waals surface area contributed by atoms with Gasteiger partial charge in [-0.1, -0.05) is 30.0 Å². The molecule has 6 nitrogen and oxygen atoms in total. The van der Waals surface area contributed by atoms with Crippen molar-refractivity contribution in [3.8, 4) is 5.69 Å². The quantitative estimate of drug-likeness (QED) is 0.765. The molecule has 0 atom stereocenters. The normalized spacial score (nSPS) is 10.3. The molecule has 2 aromatic rings.